The van der Waals surface area contributed by atoms with Crippen LogP contribution in [0.4, 0.5) is 5.82 Å². The number of aromatic nitrogens is 2. The van der Waals surface area contributed by atoms with Crippen LogP contribution in [0.5, 0.6) is 0 Å². The lowest BCUT2D eigenvalue weighted by atomic mass is 10.2. The molecular formula is C14H15N3S2. The van der Waals surface area contributed by atoms with Gasteiger partial charge in [-0.15, -0.1) is 22.7 Å². The van der Waals surface area contributed by atoms with Crippen molar-refractivity contribution in [1.82, 2.24) is 9.97 Å². The molecule has 0 atom stereocenters. The Bertz CT molecular complexity index is 714. The van der Waals surface area contributed by atoms with Gasteiger partial charge in [-0.25, -0.2) is 9.97 Å². The van der Waals surface area contributed by atoms with E-state index in [4.69, 9.17) is 4.98 Å². The predicted molar refractivity (Wildman–Crippen MR) is 83.6 cm³/mol. The summed E-state index contributed by atoms with van der Waals surface area (Å²) in [7, 11) is 1.92. The molecular weight excluding hydrogens is 274 g/mol. The van der Waals surface area contributed by atoms with Crippen LogP contribution in [0.3, 0.4) is 0 Å². The molecule has 0 aliphatic carbocycles. The highest BCUT2D eigenvalue weighted by molar-refractivity contribution is 7.18. The van der Waals surface area contributed by atoms with E-state index in [1.54, 1.807) is 22.7 Å². The van der Waals surface area contributed by atoms with Crippen molar-refractivity contribution in [2.45, 2.75) is 20.3 Å². The Balaban J connectivity index is 2.12. The van der Waals surface area contributed by atoms with Gasteiger partial charge in [0, 0.05) is 23.2 Å². The molecule has 19 heavy (non-hydrogen) atoms. The van der Waals surface area contributed by atoms with Crippen LogP contribution >= 0.6 is 22.7 Å². The molecule has 3 nitrogen and oxygen atoms in total. The molecule has 0 saturated heterocycles. The molecule has 3 aromatic heterocycles. The first-order valence-corrected chi connectivity index (χ1v) is 7.85. The summed E-state index contributed by atoms with van der Waals surface area (Å²) in [5.74, 6) is 1.83. The Hall–Kier alpha value is -1.46. The van der Waals surface area contributed by atoms with E-state index in [0.29, 0.717) is 0 Å². The third kappa shape index (κ3) is 2.24. The van der Waals surface area contributed by atoms with Gasteiger partial charge in [0.25, 0.3) is 0 Å². The van der Waals surface area contributed by atoms with Crippen LogP contribution in [0.25, 0.3) is 10.2 Å². The molecule has 0 aliphatic rings. The molecule has 0 aromatic carbocycles. The van der Waals surface area contributed by atoms with Crippen LogP contribution in [-0.4, -0.2) is 17.0 Å². The predicted octanol–water partition coefficient (Wildman–Crippen LogP) is 4.00. The van der Waals surface area contributed by atoms with Gasteiger partial charge in [0.05, 0.1) is 5.39 Å². The van der Waals surface area contributed by atoms with E-state index in [-0.39, 0.29) is 0 Å². The Morgan fingerprint density at radius 3 is 2.79 bits per heavy atom. The highest BCUT2D eigenvalue weighted by atomic mass is 32.1. The van der Waals surface area contributed by atoms with Gasteiger partial charge in [0.2, 0.25) is 0 Å². The van der Waals surface area contributed by atoms with Crippen LogP contribution in [0.15, 0.2) is 17.5 Å². The van der Waals surface area contributed by atoms with Crippen molar-refractivity contribution in [3.8, 4) is 0 Å². The topological polar surface area (TPSA) is 37.8 Å². The molecule has 1 N–H and O–H groups in total. The van der Waals surface area contributed by atoms with E-state index in [1.807, 2.05) is 7.05 Å². The maximum absolute atomic E-state index is 4.71. The number of nitrogens with zero attached hydrogens (tertiary/aromatic N) is 2. The number of nitrogens with one attached hydrogen (secondary N) is 1. The molecule has 98 valence electrons. The molecule has 0 radical (unpaired) electrons. The number of anilines is 1. The summed E-state index contributed by atoms with van der Waals surface area (Å²) in [5, 5.41) is 6.46. The minimum atomic E-state index is 0.804. The van der Waals surface area contributed by atoms with Crippen molar-refractivity contribution < 1.29 is 0 Å². The third-order valence-corrected chi connectivity index (χ3v) is 5.20. The second-order valence-corrected chi connectivity index (χ2v) is 6.69. The van der Waals surface area contributed by atoms with Crippen molar-refractivity contribution in [3.63, 3.8) is 0 Å². The Labute approximate surface area is 120 Å². The zero-order valence-corrected chi connectivity index (χ0v) is 12.8. The SMILES string of the molecule is CNc1nc(Cc2cccs2)nc2sc(C)c(C)c12. The first-order chi connectivity index (χ1) is 9.19. The average molecular weight is 289 g/mol. The number of fused-ring (bicyclic) bond motifs is 1. The lowest BCUT2D eigenvalue weighted by molar-refractivity contribution is 1.01. The second-order valence-electron chi connectivity index (χ2n) is 4.46. The molecule has 0 fully saturated rings. The molecule has 3 heterocycles. The minimum absolute atomic E-state index is 0.804. The highest BCUT2D eigenvalue weighted by Gasteiger charge is 2.14. The van der Waals surface area contributed by atoms with E-state index in [9.17, 15) is 0 Å². The van der Waals surface area contributed by atoms with Gasteiger partial charge in [-0.3, -0.25) is 0 Å². The van der Waals surface area contributed by atoms with E-state index < -0.39 is 0 Å². The second kappa shape index (κ2) is 4.90. The summed E-state index contributed by atoms with van der Waals surface area (Å²) in [6.45, 7) is 4.28. The summed E-state index contributed by atoms with van der Waals surface area (Å²) < 4.78 is 0. The fourth-order valence-electron chi connectivity index (χ4n) is 2.12. The minimum Gasteiger partial charge on any atom is -0.372 e. The Morgan fingerprint density at radius 2 is 2.11 bits per heavy atom. The highest BCUT2D eigenvalue weighted by Crippen LogP contribution is 2.33. The fraction of sp³-hybridized carbons (Fsp3) is 0.286. The van der Waals surface area contributed by atoms with Crippen molar-refractivity contribution in [2.24, 2.45) is 0 Å². The summed E-state index contributed by atoms with van der Waals surface area (Å²) in [5.41, 5.74) is 1.28. The fourth-order valence-corrected chi connectivity index (χ4v) is 3.87. The van der Waals surface area contributed by atoms with E-state index >= 15 is 0 Å². The van der Waals surface area contributed by atoms with Crippen LogP contribution in [-0.2, 0) is 6.42 Å². The zero-order valence-electron chi connectivity index (χ0n) is 11.2. The maximum Gasteiger partial charge on any atom is 0.138 e. The van der Waals surface area contributed by atoms with Gasteiger partial charge in [-0.2, -0.15) is 0 Å². The van der Waals surface area contributed by atoms with Crippen molar-refractivity contribution >= 4 is 38.7 Å². The van der Waals surface area contributed by atoms with Crippen LogP contribution in [0.2, 0.25) is 0 Å². The standard InChI is InChI=1S/C14H15N3S2/c1-8-9(2)19-14-12(8)13(15-3)16-11(17-14)7-10-5-4-6-18-10/h4-6H,7H2,1-3H3,(H,15,16,17). The third-order valence-electron chi connectivity index (χ3n) is 3.22. The van der Waals surface area contributed by atoms with Gasteiger partial charge in [0.1, 0.15) is 16.5 Å². The largest absolute Gasteiger partial charge is 0.372 e. The van der Waals surface area contributed by atoms with Gasteiger partial charge < -0.3 is 5.32 Å². The summed E-state index contributed by atoms with van der Waals surface area (Å²) in [6, 6.07) is 4.19. The molecule has 5 heteroatoms. The first kappa shape index (κ1) is 12.6. The summed E-state index contributed by atoms with van der Waals surface area (Å²) >= 11 is 3.50. The lowest BCUT2D eigenvalue weighted by Gasteiger charge is -2.05. The molecule has 3 rings (SSSR count). The van der Waals surface area contributed by atoms with E-state index in [2.05, 4.69) is 41.7 Å². The molecule has 0 spiro atoms. The quantitative estimate of drug-likeness (QED) is 0.792. The van der Waals surface area contributed by atoms with Crippen molar-refractivity contribution in [3.05, 3.63) is 38.7 Å². The number of aryl methyl sites for hydroxylation is 2. The van der Waals surface area contributed by atoms with Gasteiger partial charge in [-0.05, 0) is 30.9 Å². The van der Waals surface area contributed by atoms with Crippen LogP contribution in [0, 0.1) is 13.8 Å². The number of hydrogen-bond acceptors (Lipinski definition) is 5. The smallest absolute Gasteiger partial charge is 0.138 e. The summed E-state index contributed by atoms with van der Waals surface area (Å²) in [6.07, 6.45) is 0.804. The first-order valence-electron chi connectivity index (χ1n) is 6.15. The molecule has 0 unspecified atom stereocenters. The van der Waals surface area contributed by atoms with E-state index in [1.165, 1.54) is 20.7 Å². The van der Waals surface area contributed by atoms with E-state index in [0.717, 1.165) is 22.9 Å². The molecule has 0 aliphatic heterocycles. The van der Waals surface area contributed by atoms with Crippen LogP contribution < -0.4 is 5.32 Å². The number of thiophene rings is 2. The van der Waals surface area contributed by atoms with Gasteiger partial charge in [-0.1, -0.05) is 6.07 Å². The lowest BCUT2D eigenvalue weighted by Crippen LogP contribution is -2.01. The molecule has 0 bridgehead atoms. The van der Waals surface area contributed by atoms with Gasteiger partial charge in [0.15, 0.2) is 0 Å². The summed E-state index contributed by atoms with van der Waals surface area (Å²) in [4.78, 5) is 13.1. The van der Waals surface area contributed by atoms with Crippen LogP contribution in [0.1, 0.15) is 21.1 Å². The van der Waals surface area contributed by atoms with Gasteiger partial charge >= 0.3 is 0 Å². The monoisotopic (exact) mass is 289 g/mol. The normalized spacial score (nSPS) is 11.1. The molecule has 3 aromatic rings. The molecule has 0 saturated carbocycles. The Kier molecular flexibility index (Phi) is 3.24. The van der Waals surface area contributed by atoms with Crippen molar-refractivity contribution in [2.75, 3.05) is 12.4 Å². The molecule has 0 amide bonds. The maximum atomic E-state index is 4.71. The number of rotatable bonds is 3. The number of hydrogen-bond donors (Lipinski definition) is 1. The van der Waals surface area contributed by atoms with Crippen molar-refractivity contribution in [1.29, 1.82) is 0 Å². The Morgan fingerprint density at radius 1 is 1.26 bits per heavy atom. The average Bonchev–Trinajstić information content (AvgIpc) is 2.98. The zero-order chi connectivity index (χ0) is 13.4.